The first-order valence-electron chi connectivity index (χ1n) is 2.85. The van der Waals surface area contributed by atoms with Crippen molar-refractivity contribution in [2.45, 2.75) is 5.91 Å². The zero-order valence-electron chi connectivity index (χ0n) is 6.20. The van der Waals surface area contributed by atoms with Crippen molar-refractivity contribution in [2.24, 2.45) is 0 Å². The summed E-state index contributed by atoms with van der Waals surface area (Å²) in [6, 6.07) is 0. The molecule has 0 aromatic rings. The topological polar surface area (TPSA) is 44.8 Å². The van der Waals surface area contributed by atoms with Gasteiger partial charge in [0.05, 0.1) is 0 Å². The molecule has 0 rings (SSSR count). The third kappa shape index (κ3) is 5.77. The van der Waals surface area contributed by atoms with Crippen LogP contribution in [-0.2, 0) is 19.0 Å². The van der Waals surface area contributed by atoms with Crippen molar-refractivity contribution in [3.8, 4) is 0 Å². The Bertz CT molecular complexity index is 137. The molecule has 0 saturated carbocycles. The number of hydrogen-bond acceptors (Lipinski definition) is 4. The van der Waals surface area contributed by atoms with Crippen molar-refractivity contribution in [1.82, 2.24) is 0 Å². The van der Waals surface area contributed by atoms with Crippen molar-refractivity contribution in [3.63, 3.8) is 0 Å². The molecule has 1 unspecified atom stereocenters. The van der Waals surface area contributed by atoms with Gasteiger partial charge in [-0.25, -0.2) is 4.79 Å². The molecule has 0 heterocycles. The van der Waals surface area contributed by atoms with Gasteiger partial charge in [-0.3, -0.25) is 0 Å². The van der Waals surface area contributed by atoms with Gasteiger partial charge in [0.25, 0.3) is 0 Å². The highest BCUT2D eigenvalue weighted by atomic mass is 28.1. The summed E-state index contributed by atoms with van der Waals surface area (Å²) in [5, 5.41) is 0. The van der Waals surface area contributed by atoms with E-state index in [1.165, 1.54) is 7.11 Å². The van der Waals surface area contributed by atoms with Gasteiger partial charge >= 0.3 is 5.97 Å². The molecule has 11 heavy (non-hydrogen) atoms. The molecule has 0 fully saturated rings. The molecule has 0 aromatic carbocycles. The monoisotopic (exact) mass is 173 g/mol. The molecule has 0 aromatic heterocycles. The van der Waals surface area contributed by atoms with Crippen LogP contribution in [0.4, 0.5) is 0 Å². The highest BCUT2D eigenvalue weighted by Gasteiger charge is 1.99. The van der Waals surface area contributed by atoms with Crippen LogP contribution in [0.3, 0.4) is 0 Å². The summed E-state index contributed by atoms with van der Waals surface area (Å²) >= 11 is 0. The Morgan fingerprint density at radius 1 is 1.82 bits per heavy atom. The maximum Gasteiger partial charge on any atom is 0.332 e. The second-order valence-corrected chi connectivity index (χ2v) is 1.99. The molecular weight excluding hydrogens is 164 g/mol. The van der Waals surface area contributed by atoms with E-state index in [1.54, 1.807) is 0 Å². The minimum Gasteiger partial charge on any atom is -0.435 e. The van der Waals surface area contributed by atoms with E-state index in [2.05, 4.69) is 26.3 Å². The number of carbonyl (C=O) groups excluding carboxylic acids is 1. The molecule has 0 aliphatic carbocycles. The van der Waals surface area contributed by atoms with Gasteiger partial charge in [0.2, 0.25) is 0 Å². The van der Waals surface area contributed by atoms with Gasteiger partial charge in [-0.1, -0.05) is 6.58 Å². The third-order valence-corrected chi connectivity index (χ3v) is 1.20. The number of hydrogen-bond donors (Lipinski definition) is 0. The van der Waals surface area contributed by atoms with Gasteiger partial charge in [0.15, 0.2) is 6.79 Å². The zero-order valence-corrected chi connectivity index (χ0v) is 7.20. The lowest BCUT2D eigenvalue weighted by atomic mass is 10.7. The van der Waals surface area contributed by atoms with Crippen LogP contribution < -0.4 is 0 Å². The largest absolute Gasteiger partial charge is 0.435 e. The highest BCUT2D eigenvalue weighted by molar-refractivity contribution is 6.09. The van der Waals surface area contributed by atoms with Gasteiger partial charge in [0.1, 0.15) is 16.2 Å². The lowest BCUT2D eigenvalue weighted by molar-refractivity contribution is -0.167. The molecule has 61 valence electrons. The molecule has 3 radical (unpaired) electrons. The summed E-state index contributed by atoms with van der Waals surface area (Å²) in [5.41, 5.74) is 0. The summed E-state index contributed by atoms with van der Waals surface area (Å²) in [7, 11) is 4.49. The van der Waals surface area contributed by atoms with Gasteiger partial charge in [-0.2, -0.15) is 0 Å². The molecule has 0 N–H and O–H groups in total. The second-order valence-electron chi connectivity index (χ2n) is 1.52. The van der Waals surface area contributed by atoms with Crippen molar-refractivity contribution in [3.05, 3.63) is 12.7 Å². The van der Waals surface area contributed by atoms with E-state index in [1.807, 2.05) is 0 Å². The van der Waals surface area contributed by atoms with E-state index >= 15 is 0 Å². The SMILES string of the molecule is C=CC(=O)OCOC([Si])OC. The number of esters is 1. The fourth-order valence-electron chi connectivity index (χ4n) is 0.281. The van der Waals surface area contributed by atoms with Crippen molar-refractivity contribution in [1.29, 1.82) is 0 Å². The van der Waals surface area contributed by atoms with E-state index in [-0.39, 0.29) is 6.79 Å². The molecule has 0 saturated heterocycles. The summed E-state index contributed by atoms with van der Waals surface area (Å²) in [6.45, 7) is 3.05. The van der Waals surface area contributed by atoms with Gasteiger partial charge in [0, 0.05) is 13.2 Å². The van der Waals surface area contributed by atoms with Gasteiger partial charge in [-0.05, 0) is 0 Å². The average molecular weight is 173 g/mol. The first-order valence-corrected chi connectivity index (χ1v) is 3.43. The van der Waals surface area contributed by atoms with Crippen LogP contribution in [0.25, 0.3) is 0 Å². The molecule has 0 spiro atoms. The molecule has 0 bridgehead atoms. The Morgan fingerprint density at radius 3 is 2.91 bits per heavy atom. The van der Waals surface area contributed by atoms with Crippen LogP contribution in [0.1, 0.15) is 0 Å². The van der Waals surface area contributed by atoms with Crippen LogP contribution >= 0.6 is 0 Å². The molecular formula is C6H9O4Si. The summed E-state index contributed by atoms with van der Waals surface area (Å²) < 4.78 is 13.9. The predicted octanol–water partition coefficient (Wildman–Crippen LogP) is -0.212. The Kier molecular flexibility index (Phi) is 5.72. The molecule has 0 amide bonds. The standard InChI is InChI=1S/C6H9O4Si/c1-3-5(7)9-4-10-6(11)8-2/h3,6H,1,4H2,2H3. The second kappa shape index (κ2) is 6.08. The van der Waals surface area contributed by atoms with E-state index < -0.39 is 11.9 Å². The fraction of sp³-hybridized carbons (Fsp3) is 0.500. The van der Waals surface area contributed by atoms with E-state index in [0.29, 0.717) is 0 Å². The fourth-order valence-corrected chi connectivity index (χ4v) is 0.349. The Labute approximate surface area is 68.5 Å². The normalized spacial score (nSPS) is 12.2. The summed E-state index contributed by atoms with van der Waals surface area (Å²) in [6.07, 6.45) is 1.05. The number of methoxy groups -OCH3 is 1. The molecule has 0 aliphatic rings. The zero-order chi connectivity index (χ0) is 8.69. The number of ether oxygens (including phenoxy) is 3. The van der Waals surface area contributed by atoms with Gasteiger partial charge in [-0.15, -0.1) is 0 Å². The maximum atomic E-state index is 10.4. The van der Waals surface area contributed by atoms with Gasteiger partial charge < -0.3 is 14.2 Å². The van der Waals surface area contributed by atoms with Crippen molar-refractivity contribution >= 4 is 16.2 Å². The smallest absolute Gasteiger partial charge is 0.332 e. The van der Waals surface area contributed by atoms with Crippen LogP contribution in [0, 0.1) is 0 Å². The van der Waals surface area contributed by atoms with E-state index in [4.69, 9.17) is 4.74 Å². The van der Waals surface area contributed by atoms with Crippen LogP contribution in [0.15, 0.2) is 12.7 Å². The predicted molar refractivity (Wildman–Crippen MR) is 38.8 cm³/mol. The summed E-state index contributed by atoms with van der Waals surface area (Å²) in [4.78, 5) is 10.4. The van der Waals surface area contributed by atoms with Crippen LogP contribution in [0.5, 0.6) is 0 Å². The quantitative estimate of drug-likeness (QED) is 0.250. The van der Waals surface area contributed by atoms with Crippen molar-refractivity contribution in [2.75, 3.05) is 13.9 Å². The minimum atomic E-state index is -0.562. The third-order valence-electron chi connectivity index (χ3n) is 0.801. The first kappa shape index (κ1) is 10.3. The molecule has 4 nitrogen and oxygen atoms in total. The lowest BCUT2D eigenvalue weighted by Gasteiger charge is -2.09. The van der Waals surface area contributed by atoms with Crippen LogP contribution in [-0.4, -0.2) is 36.0 Å². The highest BCUT2D eigenvalue weighted by Crippen LogP contribution is 1.87. The number of carbonyl (C=O) groups is 1. The Morgan fingerprint density at radius 2 is 2.45 bits per heavy atom. The lowest BCUT2D eigenvalue weighted by Crippen LogP contribution is -2.18. The number of rotatable bonds is 5. The molecule has 1 atom stereocenters. The van der Waals surface area contributed by atoms with Crippen molar-refractivity contribution < 1.29 is 19.0 Å². The Hall–Kier alpha value is -0.653. The summed E-state index contributed by atoms with van der Waals surface area (Å²) in [5.74, 6) is -1.09. The molecule has 0 aliphatic heterocycles. The van der Waals surface area contributed by atoms with Crippen LogP contribution in [0.2, 0.25) is 0 Å². The molecule has 5 heteroatoms. The first-order chi connectivity index (χ1) is 5.20. The maximum absolute atomic E-state index is 10.4. The van der Waals surface area contributed by atoms with E-state index in [0.717, 1.165) is 6.08 Å². The minimum absolute atomic E-state index is 0.160. The Balaban J connectivity index is 3.26. The average Bonchev–Trinajstić information content (AvgIpc) is 2.04. The van der Waals surface area contributed by atoms with E-state index in [9.17, 15) is 4.79 Å².